The monoisotopic (exact) mass is 533 g/mol. The van der Waals surface area contributed by atoms with Crippen LogP contribution >= 0.6 is 0 Å². The van der Waals surface area contributed by atoms with Crippen LogP contribution in [0.4, 0.5) is 13.2 Å². The van der Waals surface area contributed by atoms with Gasteiger partial charge in [0.1, 0.15) is 0 Å². The molecule has 1 aromatic carbocycles. The molecular weight excluding hydrogens is 491 g/mol. The molecule has 4 nitrogen and oxygen atoms in total. The zero-order valence-electron chi connectivity index (χ0n) is 22.9. The van der Waals surface area contributed by atoms with E-state index in [1.54, 1.807) is 0 Å². The minimum atomic E-state index is -1.15. The Morgan fingerprint density at radius 1 is 0.816 bits per heavy atom. The molecule has 0 unspecified atom stereocenters. The van der Waals surface area contributed by atoms with Crippen molar-refractivity contribution in [1.82, 2.24) is 4.98 Å². The summed E-state index contributed by atoms with van der Waals surface area (Å²) in [6.45, 7) is 4.64. The zero-order chi connectivity index (χ0) is 27.3. The molecule has 0 N–H and O–H groups in total. The van der Waals surface area contributed by atoms with Gasteiger partial charge >= 0.3 is 5.97 Å². The smallest absolute Gasteiger partial charge is 0.314 e. The Bertz CT molecular complexity index is 1020. The summed E-state index contributed by atoms with van der Waals surface area (Å²) < 4.78 is 54.8. The maximum absolute atomic E-state index is 14.8. The lowest BCUT2D eigenvalue weighted by Crippen LogP contribution is -2.26. The summed E-state index contributed by atoms with van der Waals surface area (Å²) in [7, 11) is 0. The molecule has 1 saturated carbocycles. The van der Waals surface area contributed by atoms with Crippen molar-refractivity contribution in [2.45, 2.75) is 104 Å². The fourth-order valence-corrected chi connectivity index (χ4v) is 5.11. The molecule has 3 rings (SSSR count). The van der Waals surface area contributed by atoms with E-state index in [4.69, 9.17) is 9.47 Å². The van der Waals surface area contributed by atoms with Crippen molar-refractivity contribution < 1.29 is 27.4 Å². The van der Waals surface area contributed by atoms with Gasteiger partial charge in [0.15, 0.2) is 17.3 Å². The van der Waals surface area contributed by atoms with E-state index < -0.39 is 23.6 Å². The Balaban J connectivity index is 1.54. The summed E-state index contributed by atoms with van der Waals surface area (Å²) in [4.78, 5) is 16.4. The van der Waals surface area contributed by atoms with Crippen LogP contribution in [0.2, 0.25) is 0 Å². The van der Waals surface area contributed by atoms with Gasteiger partial charge in [0.05, 0.1) is 18.2 Å². The number of hydrogen-bond acceptors (Lipinski definition) is 4. The van der Waals surface area contributed by atoms with Gasteiger partial charge in [-0.15, -0.1) is 0 Å². The fraction of sp³-hybridized carbons (Fsp3) is 0.613. The lowest BCUT2D eigenvalue weighted by atomic mass is 9.80. The molecule has 210 valence electrons. The lowest BCUT2D eigenvalue weighted by Gasteiger charge is -2.27. The van der Waals surface area contributed by atoms with Crippen LogP contribution in [-0.2, 0) is 4.79 Å². The van der Waals surface area contributed by atoms with E-state index in [2.05, 4.69) is 18.8 Å². The number of benzene rings is 1. The number of aromatic nitrogens is 1. The third-order valence-electron chi connectivity index (χ3n) is 7.50. The number of esters is 1. The molecule has 0 radical (unpaired) electrons. The van der Waals surface area contributed by atoms with Crippen LogP contribution < -0.4 is 9.47 Å². The highest BCUT2D eigenvalue weighted by Crippen LogP contribution is 2.34. The number of carbonyl (C=O) groups excluding carboxylic acids is 1. The first-order chi connectivity index (χ1) is 18.4. The van der Waals surface area contributed by atoms with Crippen molar-refractivity contribution in [3.05, 3.63) is 41.8 Å². The first-order valence-electron chi connectivity index (χ1n) is 14.4. The average molecular weight is 534 g/mol. The number of nitrogens with zero attached hydrogens (tertiary/aromatic N) is 1. The van der Waals surface area contributed by atoms with E-state index in [0.29, 0.717) is 12.5 Å². The molecule has 7 heteroatoms. The van der Waals surface area contributed by atoms with E-state index in [-0.39, 0.29) is 28.7 Å². The molecule has 1 aliphatic carbocycles. The van der Waals surface area contributed by atoms with E-state index in [9.17, 15) is 18.0 Å². The van der Waals surface area contributed by atoms with Crippen molar-refractivity contribution in [3.8, 4) is 22.8 Å². The van der Waals surface area contributed by atoms with Gasteiger partial charge in [0.25, 0.3) is 5.95 Å². The van der Waals surface area contributed by atoms with Gasteiger partial charge in [0.2, 0.25) is 5.82 Å². The number of rotatable bonds is 15. The second kappa shape index (κ2) is 15.7. The summed E-state index contributed by atoms with van der Waals surface area (Å²) in [6, 6.07) is 5.22. The summed E-state index contributed by atoms with van der Waals surface area (Å²) >= 11 is 0. The van der Waals surface area contributed by atoms with Crippen LogP contribution in [0, 0.1) is 29.4 Å². The molecule has 2 aromatic rings. The minimum absolute atomic E-state index is 0.0891. The molecule has 1 aromatic heterocycles. The molecule has 0 saturated heterocycles. The molecule has 1 fully saturated rings. The maximum Gasteiger partial charge on any atom is 0.314 e. The number of hydrogen-bond donors (Lipinski definition) is 0. The van der Waals surface area contributed by atoms with E-state index in [1.807, 2.05) is 0 Å². The zero-order valence-corrected chi connectivity index (χ0v) is 22.9. The number of carbonyl (C=O) groups is 1. The fourth-order valence-electron chi connectivity index (χ4n) is 5.11. The molecule has 0 bridgehead atoms. The Hall–Kier alpha value is -2.57. The number of ether oxygens (including phenoxy) is 2. The SMILES string of the molecule is CCCCCCCCOc1ccc(-c2ccc(OC(=O)C3CCC(CCCCC)CC3)c(F)n2)c(F)c1F. The predicted octanol–water partition coefficient (Wildman–Crippen LogP) is 9.20. The average Bonchev–Trinajstić information content (AvgIpc) is 2.92. The van der Waals surface area contributed by atoms with Gasteiger partial charge in [-0.1, -0.05) is 71.6 Å². The summed E-state index contributed by atoms with van der Waals surface area (Å²) in [6.07, 6.45) is 14.6. The minimum Gasteiger partial charge on any atom is -0.490 e. The Labute approximate surface area is 225 Å². The van der Waals surface area contributed by atoms with E-state index in [1.165, 1.54) is 62.8 Å². The molecule has 0 aliphatic heterocycles. The second-order valence-corrected chi connectivity index (χ2v) is 10.5. The van der Waals surface area contributed by atoms with Crippen LogP contribution in [-0.4, -0.2) is 17.6 Å². The molecular formula is C31H42F3NO3. The third-order valence-corrected chi connectivity index (χ3v) is 7.50. The van der Waals surface area contributed by atoms with Crippen molar-refractivity contribution in [1.29, 1.82) is 0 Å². The normalized spacial score (nSPS) is 17.4. The highest BCUT2D eigenvalue weighted by Gasteiger charge is 2.28. The predicted molar refractivity (Wildman–Crippen MR) is 144 cm³/mol. The third kappa shape index (κ3) is 8.74. The molecule has 1 heterocycles. The van der Waals surface area contributed by atoms with Crippen molar-refractivity contribution in [3.63, 3.8) is 0 Å². The summed E-state index contributed by atoms with van der Waals surface area (Å²) in [5.41, 5.74) is -0.277. The quantitative estimate of drug-likeness (QED) is 0.130. The van der Waals surface area contributed by atoms with E-state index in [0.717, 1.165) is 51.4 Å². The van der Waals surface area contributed by atoms with Gasteiger partial charge < -0.3 is 9.47 Å². The summed E-state index contributed by atoms with van der Waals surface area (Å²) in [5.74, 6) is -3.87. The number of halogens is 3. The summed E-state index contributed by atoms with van der Waals surface area (Å²) in [5, 5.41) is 0. The van der Waals surface area contributed by atoms with Crippen LogP contribution in [0.3, 0.4) is 0 Å². The van der Waals surface area contributed by atoms with Crippen molar-refractivity contribution in [2.24, 2.45) is 11.8 Å². The van der Waals surface area contributed by atoms with Crippen LogP contribution in [0.1, 0.15) is 104 Å². The maximum atomic E-state index is 14.8. The molecule has 0 atom stereocenters. The first kappa shape index (κ1) is 30.0. The Morgan fingerprint density at radius 2 is 1.47 bits per heavy atom. The van der Waals surface area contributed by atoms with Gasteiger partial charge in [-0.25, -0.2) is 9.37 Å². The van der Waals surface area contributed by atoms with Gasteiger partial charge in [-0.3, -0.25) is 4.79 Å². The van der Waals surface area contributed by atoms with Gasteiger partial charge in [-0.05, 0) is 62.3 Å². The van der Waals surface area contributed by atoms with Crippen LogP contribution in [0.5, 0.6) is 11.5 Å². The van der Waals surface area contributed by atoms with Gasteiger partial charge in [0, 0.05) is 5.56 Å². The standard InChI is InChI=1S/C31H42F3NO3/c1-3-5-7-8-9-11-21-37-26-19-17-24(28(32)29(26)33)25-18-20-27(30(34)35-25)38-31(36)23-15-13-22(14-16-23)12-10-6-4-2/h17-20,22-23H,3-16,21H2,1-2H3. The number of pyridine rings is 1. The molecule has 0 spiro atoms. The number of unbranched alkanes of at least 4 members (excludes halogenated alkanes) is 7. The Kier molecular flexibility index (Phi) is 12.4. The van der Waals surface area contributed by atoms with E-state index >= 15 is 0 Å². The van der Waals surface area contributed by atoms with Crippen molar-refractivity contribution >= 4 is 5.97 Å². The lowest BCUT2D eigenvalue weighted by molar-refractivity contribution is -0.140. The highest BCUT2D eigenvalue weighted by atomic mass is 19.2. The van der Waals surface area contributed by atoms with Crippen LogP contribution in [0.25, 0.3) is 11.3 Å². The van der Waals surface area contributed by atoms with Crippen molar-refractivity contribution in [2.75, 3.05) is 6.61 Å². The Morgan fingerprint density at radius 3 is 2.18 bits per heavy atom. The highest BCUT2D eigenvalue weighted by molar-refractivity contribution is 5.75. The second-order valence-electron chi connectivity index (χ2n) is 10.5. The van der Waals surface area contributed by atoms with Crippen LogP contribution in [0.15, 0.2) is 24.3 Å². The first-order valence-corrected chi connectivity index (χ1v) is 14.4. The largest absolute Gasteiger partial charge is 0.490 e. The topological polar surface area (TPSA) is 48.4 Å². The molecule has 1 aliphatic rings. The molecule has 0 amide bonds. The molecule has 38 heavy (non-hydrogen) atoms. The van der Waals surface area contributed by atoms with Gasteiger partial charge in [-0.2, -0.15) is 8.78 Å².